The molecule has 0 aromatic heterocycles. The fourth-order valence-corrected chi connectivity index (χ4v) is 12.1. The van der Waals surface area contributed by atoms with Crippen molar-refractivity contribution in [3.63, 3.8) is 0 Å². The van der Waals surface area contributed by atoms with Crippen LogP contribution in [-0.4, -0.2) is 95.6 Å². The van der Waals surface area contributed by atoms with Crippen molar-refractivity contribution in [2.24, 2.45) is 35.5 Å². The van der Waals surface area contributed by atoms with Crippen molar-refractivity contribution >= 4 is 23.6 Å². The second-order valence-corrected chi connectivity index (χ2v) is 18.6. The van der Waals surface area contributed by atoms with Crippen molar-refractivity contribution in [2.45, 2.75) is 179 Å². The Bertz CT molecular complexity index is 1350. The van der Waals surface area contributed by atoms with E-state index in [-0.39, 0.29) is 54.5 Å². The molecule has 0 spiro atoms. The van der Waals surface area contributed by atoms with Gasteiger partial charge in [-0.05, 0) is 165 Å². The van der Waals surface area contributed by atoms with Crippen molar-refractivity contribution < 1.29 is 29.0 Å². The molecule has 3 aliphatic heterocycles. The number of aliphatic hydroxyl groups is 1. The summed E-state index contributed by atoms with van der Waals surface area (Å²) in [7, 11) is 0. The first kappa shape index (κ1) is 41.0. The second-order valence-electron chi connectivity index (χ2n) is 18.6. The van der Waals surface area contributed by atoms with Crippen LogP contribution in [0.5, 0.6) is 0 Å². The number of piperidine rings is 2. The number of carbonyl (C=O) groups is 4. The summed E-state index contributed by atoms with van der Waals surface area (Å²) >= 11 is 0. The molecule has 4 aliphatic carbocycles. The molecule has 10 nitrogen and oxygen atoms in total. The number of allylic oxidation sites excluding steroid dienone is 2. The van der Waals surface area contributed by atoms with Crippen LogP contribution in [0, 0.1) is 35.5 Å². The Labute approximate surface area is 330 Å². The SMILES string of the molecule is CC/C(=C(\C1CCC(O)CC1)C1CCC(OCCN2CCC(CCCNC3CCC4C(=O)N(C5CCC(=O)NC5=O)C(=O)C4C3)CC2)CC1)C1CCCCC1. The van der Waals surface area contributed by atoms with Crippen LogP contribution >= 0.6 is 0 Å². The number of amides is 4. The average Bonchev–Trinajstić information content (AvgIpc) is 3.45. The molecule has 308 valence electrons. The Kier molecular flexibility index (Phi) is 14.6. The van der Waals surface area contributed by atoms with Crippen molar-refractivity contribution in [1.82, 2.24) is 20.4 Å². The maximum atomic E-state index is 13.3. The molecule has 7 rings (SSSR count). The van der Waals surface area contributed by atoms with Crippen LogP contribution in [0.1, 0.15) is 155 Å². The Hall–Kier alpha value is -2.14. The maximum absolute atomic E-state index is 13.3. The van der Waals surface area contributed by atoms with Crippen LogP contribution in [0.4, 0.5) is 0 Å². The molecule has 4 unspecified atom stereocenters. The van der Waals surface area contributed by atoms with Crippen molar-refractivity contribution in [2.75, 3.05) is 32.8 Å². The number of rotatable bonds is 14. The third kappa shape index (κ3) is 10.1. The monoisotopic (exact) mass is 765 g/mol. The fourth-order valence-electron chi connectivity index (χ4n) is 12.1. The molecule has 10 heteroatoms. The molecule has 4 amide bonds. The van der Waals surface area contributed by atoms with Gasteiger partial charge in [-0.2, -0.15) is 0 Å². The van der Waals surface area contributed by atoms with E-state index in [1.54, 1.807) is 0 Å². The van der Waals surface area contributed by atoms with Crippen LogP contribution in [-0.2, 0) is 23.9 Å². The van der Waals surface area contributed by atoms with Crippen molar-refractivity contribution in [3.05, 3.63) is 11.1 Å². The summed E-state index contributed by atoms with van der Waals surface area (Å²) in [6, 6.07) is -0.624. The standard InChI is InChI=1S/C45H72N4O6/c1-2-37(31-8-4-3-5-9-31)42(32-10-15-35(50)16-11-32)33-12-17-36(18-13-33)55-28-27-48-25-22-30(23-26-48)7-6-24-46-34-14-19-38-39(29-34)45(54)49(44(38)53)40-20-21-41(51)47-43(40)52/h30-36,38-40,46,50H,2-29H2,1H3,(H,47,51,52)/b42-37-. The lowest BCUT2D eigenvalue weighted by Crippen LogP contribution is -2.54. The van der Waals surface area contributed by atoms with E-state index in [9.17, 15) is 24.3 Å². The molecule has 4 atom stereocenters. The molecule has 3 heterocycles. The average molecular weight is 765 g/mol. The number of hydrogen-bond acceptors (Lipinski definition) is 8. The zero-order chi connectivity index (χ0) is 38.3. The molecule has 3 N–H and O–H groups in total. The largest absolute Gasteiger partial charge is 0.393 e. The van der Waals surface area contributed by atoms with Crippen LogP contribution in [0.25, 0.3) is 0 Å². The molecule has 4 saturated carbocycles. The second kappa shape index (κ2) is 19.5. The van der Waals surface area contributed by atoms with Gasteiger partial charge in [0.25, 0.3) is 0 Å². The summed E-state index contributed by atoms with van der Waals surface area (Å²) in [4.78, 5) is 54.2. The highest BCUT2D eigenvalue weighted by Crippen LogP contribution is 2.46. The van der Waals surface area contributed by atoms with E-state index < -0.39 is 11.9 Å². The number of carbonyl (C=O) groups excluding carboxylic acids is 4. The zero-order valence-corrected chi connectivity index (χ0v) is 34.0. The van der Waals surface area contributed by atoms with E-state index in [2.05, 4.69) is 22.5 Å². The minimum absolute atomic E-state index is 0.0859. The minimum atomic E-state index is -0.844. The number of nitrogens with one attached hydrogen (secondary N) is 2. The normalized spacial score (nSPS) is 35.1. The summed E-state index contributed by atoms with van der Waals surface area (Å²) in [5, 5.41) is 16.3. The molecule has 0 aromatic rings. The van der Waals surface area contributed by atoms with Gasteiger partial charge < -0.3 is 20.1 Å². The van der Waals surface area contributed by atoms with E-state index in [4.69, 9.17) is 4.74 Å². The minimum Gasteiger partial charge on any atom is -0.393 e. The predicted octanol–water partition coefficient (Wildman–Crippen LogP) is 6.44. The van der Waals surface area contributed by atoms with Gasteiger partial charge in [-0.3, -0.25) is 29.4 Å². The van der Waals surface area contributed by atoms with E-state index in [1.807, 2.05) is 11.1 Å². The van der Waals surface area contributed by atoms with Crippen LogP contribution < -0.4 is 10.6 Å². The summed E-state index contributed by atoms with van der Waals surface area (Å²) in [6.07, 6.45) is 25.2. The number of imide groups is 2. The van der Waals surface area contributed by atoms with E-state index in [1.165, 1.54) is 101 Å². The molecule has 3 saturated heterocycles. The first-order valence-electron chi connectivity index (χ1n) is 23.0. The third-order valence-corrected chi connectivity index (χ3v) is 15.3. The first-order valence-corrected chi connectivity index (χ1v) is 23.0. The predicted molar refractivity (Wildman–Crippen MR) is 213 cm³/mol. The smallest absolute Gasteiger partial charge is 0.249 e. The van der Waals surface area contributed by atoms with Crippen LogP contribution in [0.3, 0.4) is 0 Å². The lowest BCUT2D eigenvalue weighted by atomic mass is 9.68. The number of ether oxygens (including phenoxy) is 1. The Morgan fingerprint density at radius 2 is 1.47 bits per heavy atom. The van der Waals surface area contributed by atoms with Crippen molar-refractivity contribution in [3.8, 4) is 0 Å². The Morgan fingerprint density at radius 3 is 2.16 bits per heavy atom. The lowest BCUT2D eigenvalue weighted by molar-refractivity contribution is -0.151. The molecule has 55 heavy (non-hydrogen) atoms. The summed E-state index contributed by atoms with van der Waals surface area (Å²) in [5.41, 5.74) is 3.68. The van der Waals surface area contributed by atoms with Gasteiger partial charge in [0.05, 0.1) is 30.7 Å². The molecule has 7 aliphatic rings. The van der Waals surface area contributed by atoms with Gasteiger partial charge in [0.15, 0.2) is 0 Å². The number of hydrogen-bond donors (Lipinski definition) is 3. The Morgan fingerprint density at radius 1 is 0.782 bits per heavy atom. The van der Waals surface area contributed by atoms with Crippen LogP contribution in [0.15, 0.2) is 11.1 Å². The van der Waals surface area contributed by atoms with Gasteiger partial charge in [-0.25, -0.2) is 0 Å². The molecule has 0 aromatic carbocycles. The molecule has 7 fully saturated rings. The van der Waals surface area contributed by atoms with E-state index in [0.29, 0.717) is 24.9 Å². The summed E-state index contributed by atoms with van der Waals surface area (Å²) in [6.45, 7) is 7.54. The molecule has 0 radical (unpaired) electrons. The highest BCUT2D eigenvalue weighted by Gasteiger charge is 2.54. The quantitative estimate of drug-likeness (QED) is 0.105. The summed E-state index contributed by atoms with van der Waals surface area (Å²) < 4.78 is 6.55. The number of likely N-dealkylation sites (tertiary alicyclic amines) is 2. The molecular formula is C45H72N4O6. The van der Waals surface area contributed by atoms with Crippen LogP contribution in [0.2, 0.25) is 0 Å². The highest BCUT2D eigenvalue weighted by atomic mass is 16.5. The zero-order valence-electron chi connectivity index (χ0n) is 34.0. The van der Waals surface area contributed by atoms with Gasteiger partial charge in [0.2, 0.25) is 23.6 Å². The van der Waals surface area contributed by atoms with E-state index >= 15 is 0 Å². The van der Waals surface area contributed by atoms with Gasteiger partial charge in [-0.15, -0.1) is 0 Å². The summed E-state index contributed by atoms with van der Waals surface area (Å²) in [5.74, 6) is 0.994. The van der Waals surface area contributed by atoms with E-state index in [0.717, 1.165) is 76.2 Å². The number of nitrogens with zero attached hydrogens (tertiary/aromatic N) is 2. The van der Waals surface area contributed by atoms with Gasteiger partial charge >= 0.3 is 0 Å². The van der Waals surface area contributed by atoms with Crippen molar-refractivity contribution in [1.29, 1.82) is 0 Å². The van der Waals surface area contributed by atoms with Gasteiger partial charge in [0, 0.05) is 19.0 Å². The topological polar surface area (TPSA) is 128 Å². The highest BCUT2D eigenvalue weighted by molar-refractivity contribution is 6.10. The Balaban J connectivity index is 0.770. The molecular weight excluding hydrogens is 693 g/mol. The number of fused-ring (bicyclic) bond motifs is 1. The third-order valence-electron chi connectivity index (χ3n) is 15.3. The fraction of sp³-hybridized carbons (Fsp3) is 0.867. The number of aliphatic hydroxyl groups excluding tert-OH is 1. The lowest BCUT2D eigenvalue weighted by Gasteiger charge is -2.39. The van der Waals surface area contributed by atoms with Gasteiger partial charge in [-0.1, -0.05) is 37.3 Å². The van der Waals surface area contributed by atoms with Gasteiger partial charge in [0.1, 0.15) is 6.04 Å². The maximum Gasteiger partial charge on any atom is 0.249 e. The molecule has 0 bridgehead atoms. The first-order chi connectivity index (χ1) is 26.8.